The molecule has 0 aliphatic rings. The number of hydrogen-bond donors (Lipinski definition) is 2. The largest absolute Gasteiger partial charge is 0.344 e. The monoisotopic (exact) mass is 550 g/mol. The van der Waals surface area contributed by atoms with E-state index in [4.69, 9.17) is 16.9 Å². The molecule has 0 aliphatic carbocycles. The van der Waals surface area contributed by atoms with Gasteiger partial charge in [0, 0.05) is 30.0 Å². The highest BCUT2D eigenvalue weighted by atomic mass is 35.5. The Morgan fingerprint density at radius 2 is 1.31 bits per heavy atom. The fourth-order valence-electron chi connectivity index (χ4n) is 4.44. The molecule has 0 aliphatic heterocycles. The van der Waals surface area contributed by atoms with E-state index < -0.39 is 0 Å². The van der Waals surface area contributed by atoms with E-state index >= 15 is 0 Å². The maximum atomic E-state index is 9.18. The van der Waals surface area contributed by atoms with Crippen LogP contribution in [0.1, 0.15) is 112 Å². The van der Waals surface area contributed by atoms with Crippen molar-refractivity contribution < 1.29 is 0 Å². The molecule has 8 nitrogen and oxygen atoms in total. The Morgan fingerprint density at radius 1 is 0.821 bits per heavy atom. The minimum absolute atomic E-state index is 0.332. The van der Waals surface area contributed by atoms with E-state index in [0.717, 1.165) is 51.6 Å². The summed E-state index contributed by atoms with van der Waals surface area (Å²) in [6.45, 7) is 21.8. The van der Waals surface area contributed by atoms with Crippen molar-refractivity contribution in [2.45, 2.75) is 94.2 Å². The Hall–Kier alpha value is -3.75. The molecule has 0 spiro atoms. The van der Waals surface area contributed by atoms with E-state index in [9.17, 15) is 5.26 Å². The van der Waals surface area contributed by atoms with Crippen LogP contribution in [-0.4, -0.2) is 29.5 Å². The second-order valence-corrected chi connectivity index (χ2v) is 9.56. The number of nitriles is 2. The molecule has 39 heavy (non-hydrogen) atoms. The van der Waals surface area contributed by atoms with Crippen LogP contribution in [0.4, 0.5) is 0 Å². The van der Waals surface area contributed by atoms with Gasteiger partial charge in [0.05, 0.1) is 46.8 Å². The minimum atomic E-state index is 0.332. The van der Waals surface area contributed by atoms with Crippen molar-refractivity contribution in [3.8, 4) is 12.1 Å². The Bertz CT molecular complexity index is 1360. The predicted octanol–water partition coefficient (Wildman–Crippen LogP) is 7.83. The van der Waals surface area contributed by atoms with Gasteiger partial charge in [-0.25, -0.2) is 0 Å². The van der Waals surface area contributed by atoms with Crippen LogP contribution in [-0.2, 0) is 13.1 Å². The molecular weight excluding hydrogens is 508 g/mol. The van der Waals surface area contributed by atoms with Crippen LogP contribution >= 0.6 is 11.6 Å². The van der Waals surface area contributed by atoms with E-state index in [0.29, 0.717) is 23.4 Å². The summed E-state index contributed by atoms with van der Waals surface area (Å²) in [6.07, 6.45) is 7.13. The summed E-state index contributed by atoms with van der Waals surface area (Å²) in [4.78, 5) is 0. The van der Waals surface area contributed by atoms with Gasteiger partial charge in [-0.3, -0.25) is 10.2 Å². The molecule has 0 bridgehead atoms. The van der Waals surface area contributed by atoms with Crippen LogP contribution in [0.2, 0.25) is 5.02 Å². The van der Waals surface area contributed by atoms with Crippen molar-refractivity contribution in [2.24, 2.45) is 0 Å². The van der Waals surface area contributed by atoms with Crippen molar-refractivity contribution in [3.05, 3.63) is 80.9 Å². The minimum Gasteiger partial charge on any atom is -0.344 e. The summed E-state index contributed by atoms with van der Waals surface area (Å²) in [5, 5.41) is 32.6. The standard InChI is InChI=1S/C13H15ClN4.C13H16N4.2C2H6/c1-8(2)13-9(3)18(6-10(13)4-15)7-12-11(14)5-16-17-12;1-9(2)13-10(3)17(7-11(13)6-14)8-12-4-5-15-16-12;2*1-2/h5-6,8H,7H2,1-3H3,(H,16,17);4-5,7,9H,8H2,1-3H3,(H,15,16);2*1-2H3. The third kappa shape index (κ3) is 8.37. The summed E-state index contributed by atoms with van der Waals surface area (Å²) in [7, 11) is 0. The third-order valence-corrected chi connectivity index (χ3v) is 6.41. The molecule has 4 heterocycles. The van der Waals surface area contributed by atoms with Gasteiger partial charge in [-0.05, 0) is 42.9 Å². The Balaban J connectivity index is 0.000000347. The molecule has 0 radical (unpaired) electrons. The van der Waals surface area contributed by atoms with E-state index in [2.05, 4.69) is 71.7 Å². The molecule has 210 valence electrons. The highest BCUT2D eigenvalue weighted by Gasteiger charge is 2.17. The van der Waals surface area contributed by atoms with Crippen molar-refractivity contribution >= 4 is 11.6 Å². The number of aromatic amines is 2. The summed E-state index contributed by atoms with van der Waals surface area (Å²) in [5.41, 5.74) is 7.92. The van der Waals surface area contributed by atoms with E-state index in [1.165, 1.54) is 0 Å². The van der Waals surface area contributed by atoms with Gasteiger partial charge >= 0.3 is 0 Å². The Morgan fingerprint density at radius 3 is 1.64 bits per heavy atom. The molecule has 4 aromatic heterocycles. The van der Waals surface area contributed by atoms with Crippen LogP contribution in [0.3, 0.4) is 0 Å². The lowest BCUT2D eigenvalue weighted by Gasteiger charge is -2.08. The average Bonchev–Trinajstić information content (AvgIpc) is 3.71. The number of nitrogens with zero attached hydrogens (tertiary/aromatic N) is 6. The lowest BCUT2D eigenvalue weighted by Crippen LogP contribution is -2.02. The first kappa shape index (κ1) is 33.3. The first-order valence-corrected chi connectivity index (χ1v) is 13.9. The maximum absolute atomic E-state index is 9.18. The van der Waals surface area contributed by atoms with Crippen LogP contribution < -0.4 is 0 Å². The van der Waals surface area contributed by atoms with E-state index in [1.54, 1.807) is 12.4 Å². The molecule has 9 heteroatoms. The summed E-state index contributed by atoms with van der Waals surface area (Å²) >= 11 is 6.01. The van der Waals surface area contributed by atoms with Crippen LogP contribution in [0, 0.1) is 36.5 Å². The number of halogens is 1. The molecule has 4 rings (SSSR count). The lowest BCUT2D eigenvalue weighted by molar-refractivity contribution is 0.735. The van der Waals surface area contributed by atoms with Gasteiger partial charge in [0.1, 0.15) is 12.1 Å². The van der Waals surface area contributed by atoms with Gasteiger partial charge in [0.25, 0.3) is 0 Å². The van der Waals surface area contributed by atoms with Gasteiger partial charge in [0.2, 0.25) is 0 Å². The Kier molecular flexibility index (Phi) is 13.9. The van der Waals surface area contributed by atoms with Gasteiger partial charge in [-0.2, -0.15) is 20.7 Å². The maximum Gasteiger partial charge on any atom is 0.101 e. The number of nitrogens with one attached hydrogen (secondary N) is 2. The number of rotatable bonds is 6. The second kappa shape index (κ2) is 16.3. The topological polar surface area (TPSA) is 115 Å². The number of hydrogen-bond acceptors (Lipinski definition) is 4. The van der Waals surface area contributed by atoms with Gasteiger partial charge in [-0.1, -0.05) is 67.0 Å². The van der Waals surface area contributed by atoms with Gasteiger partial charge in [-0.15, -0.1) is 0 Å². The van der Waals surface area contributed by atoms with Crippen molar-refractivity contribution in [1.29, 1.82) is 10.5 Å². The highest BCUT2D eigenvalue weighted by Crippen LogP contribution is 2.27. The smallest absolute Gasteiger partial charge is 0.101 e. The zero-order valence-corrected chi connectivity index (χ0v) is 25.8. The number of H-pyrrole nitrogens is 2. The predicted molar refractivity (Wildman–Crippen MR) is 159 cm³/mol. The fourth-order valence-corrected chi connectivity index (χ4v) is 4.59. The first-order chi connectivity index (χ1) is 18.7. The Labute approximate surface area is 238 Å². The number of aromatic nitrogens is 6. The molecular formula is C30H43ClN8. The van der Waals surface area contributed by atoms with Gasteiger partial charge in [0.15, 0.2) is 0 Å². The summed E-state index contributed by atoms with van der Waals surface area (Å²) in [5.74, 6) is 0.700. The third-order valence-electron chi connectivity index (χ3n) is 6.08. The molecule has 0 fully saturated rings. The van der Waals surface area contributed by atoms with Crippen molar-refractivity contribution in [3.63, 3.8) is 0 Å². The fraction of sp³-hybridized carbons (Fsp3) is 0.467. The zero-order valence-electron chi connectivity index (χ0n) is 25.0. The molecule has 4 aromatic rings. The van der Waals surface area contributed by atoms with Crippen LogP contribution in [0.25, 0.3) is 0 Å². The summed E-state index contributed by atoms with van der Waals surface area (Å²) < 4.78 is 4.13. The normalized spacial score (nSPS) is 10.0. The molecule has 0 amide bonds. The zero-order chi connectivity index (χ0) is 29.7. The molecule has 2 N–H and O–H groups in total. The van der Waals surface area contributed by atoms with Crippen molar-refractivity contribution in [1.82, 2.24) is 29.5 Å². The average molecular weight is 551 g/mol. The molecule has 0 atom stereocenters. The van der Waals surface area contributed by atoms with E-state index in [1.807, 2.05) is 57.6 Å². The molecule has 0 saturated heterocycles. The van der Waals surface area contributed by atoms with Crippen LogP contribution in [0.5, 0.6) is 0 Å². The molecule has 0 saturated carbocycles. The summed E-state index contributed by atoms with van der Waals surface area (Å²) in [6, 6.07) is 6.47. The van der Waals surface area contributed by atoms with Crippen molar-refractivity contribution in [2.75, 3.05) is 0 Å². The highest BCUT2D eigenvalue weighted by molar-refractivity contribution is 6.31. The second-order valence-electron chi connectivity index (χ2n) is 9.15. The van der Waals surface area contributed by atoms with E-state index in [-0.39, 0.29) is 0 Å². The van der Waals surface area contributed by atoms with Crippen LogP contribution in [0.15, 0.2) is 30.9 Å². The lowest BCUT2D eigenvalue weighted by atomic mass is 10.00. The first-order valence-electron chi connectivity index (χ1n) is 13.5. The quantitative estimate of drug-likeness (QED) is 0.254. The molecule has 0 unspecified atom stereocenters. The van der Waals surface area contributed by atoms with Gasteiger partial charge < -0.3 is 9.13 Å². The SMILES string of the molecule is CC.CC.Cc1c(C(C)C)c(C#N)cn1Cc1[nH]ncc1Cl.Cc1c(C(C)C)c(C#N)cn1Cc1ccn[nH]1. The molecule has 0 aromatic carbocycles.